The van der Waals surface area contributed by atoms with Gasteiger partial charge in [-0.2, -0.15) is 0 Å². The molecule has 1 aliphatic heterocycles. The fourth-order valence-corrected chi connectivity index (χ4v) is 6.72. The van der Waals surface area contributed by atoms with E-state index in [-0.39, 0.29) is 35.9 Å². The van der Waals surface area contributed by atoms with Gasteiger partial charge in [0.05, 0.1) is 36.3 Å². The Morgan fingerprint density at radius 1 is 1.10 bits per heavy atom. The Morgan fingerprint density at radius 3 is 2.59 bits per heavy atom. The van der Waals surface area contributed by atoms with Gasteiger partial charge in [0.15, 0.2) is 10.8 Å². The summed E-state index contributed by atoms with van der Waals surface area (Å²) in [7, 11) is 1.60. The monoisotopic (exact) mass is 568 g/mol. The van der Waals surface area contributed by atoms with Gasteiger partial charge in [-0.1, -0.05) is 6.07 Å². The van der Waals surface area contributed by atoms with Crippen LogP contribution in [0, 0.1) is 5.92 Å². The molecule has 1 amide bonds. The number of thiazole rings is 1. The van der Waals surface area contributed by atoms with Gasteiger partial charge in [0.1, 0.15) is 21.9 Å². The van der Waals surface area contributed by atoms with E-state index in [4.69, 9.17) is 9.47 Å². The number of aromatic nitrogens is 2. The zero-order valence-electron chi connectivity index (χ0n) is 22.5. The van der Waals surface area contributed by atoms with Gasteiger partial charge in [0.2, 0.25) is 5.12 Å². The minimum absolute atomic E-state index is 0.00529. The lowest BCUT2D eigenvalue weighted by Crippen LogP contribution is -2.45. The predicted octanol–water partition coefficient (Wildman–Crippen LogP) is 5.92. The molecule has 3 heterocycles. The van der Waals surface area contributed by atoms with E-state index in [2.05, 4.69) is 15.3 Å². The number of methoxy groups -OCH3 is 1. The molecule has 0 unspecified atom stereocenters. The lowest BCUT2D eigenvalue weighted by atomic mass is 9.83. The first-order valence-electron chi connectivity index (χ1n) is 13.0. The Balaban J connectivity index is 1.30. The number of Topliss-reactive ketones (excluding diaryl/α,β-unsaturated/α-hetero) is 1. The van der Waals surface area contributed by atoms with Crippen molar-refractivity contribution in [2.24, 2.45) is 5.92 Å². The summed E-state index contributed by atoms with van der Waals surface area (Å²) in [5.74, 6) is 0.559. The van der Waals surface area contributed by atoms with Gasteiger partial charge in [-0.15, -0.1) is 11.3 Å². The van der Waals surface area contributed by atoms with Crippen LogP contribution in [0.4, 0.5) is 10.5 Å². The number of hydrogen-bond donors (Lipinski definition) is 1. The van der Waals surface area contributed by atoms with Crippen molar-refractivity contribution in [2.45, 2.75) is 69.7 Å². The van der Waals surface area contributed by atoms with Crippen LogP contribution in [0.25, 0.3) is 10.2 Å². The molecule has 1 aliphatic carbocycles. The van der Waals surface area contributed by atoms with Crippen LogP contribution >= 0.6 is 23.1 Å². The van der Waals surface area contributed by atoms with Crippen molar-refractivity contribution >= 4 is 56.0 Å². The number of anilines is 1. The van der Waals surface area contributed by atoms with Gasteiger partial charge in [-0.3, -0.25) is 14.5 Å². The molecule has 2 aromatic heterocycles. The maximum atomic E-state index is 13.4. The summed E-state index contributed by atoms with van der Waals surface area (Å²) in [6.45, 7) is 6.07. The second-order valence-corrected chi connectivity index (χ2v) is 12.9. The number of para-hydroxylation sites is 1. The normalized spacial score (nSPS) is 19.2. The number of nitrogens with zero attached hydrogens (tertiary/aromatic N) is 3. The van der Waals surface area contributed by atoms with E-state index in [0.29, 0.717) is 52.7 Å². The van der Waals surface area contributed by atoms with Crippen LogP contribution in [0.2, 0.25) is 0 Å². The molecule has 3 aromatic rings. The van der Waals surface area contributed by atoms with Gasteiger partial charge in [0, 0.05) is 12.0 Å². The van der Waals surface area contributed by atoms with Gasteiger partial charge in [0.25, 0.3) is 0 Å². The number of fused-ring (bicyclic) bond motifs is 2. The third-order valence-corrected chi connectivity index (χ3v) is 8.74. The van der Waals surface area contributed by atoms with Crippen molar-refractivity contribution in [1.29, 1.82) is 0 Å². The molecule has 2 aliphatic rings. The minimum Gasteiger partial charge on any atom is -0.494 e. The Bertz CT molecular complexity index is 1410. The number of benzene rings is 1. The van der Waals surface area contributed by atoms with Gasteiger partial charge in [-0.25, -0.2) is 14.8 Å². The van der Waals surface area contributed by atoms with Crippen LogP contribution in [0.1, 0.15) is 62.0 Å². The van der Waals surface area contributed by atoms with E-state index in [1.54, 1.807) is 12.0 Å². The zero-order chi connectivity index (χ0) is 27.7. The lowest BCUT2D eigenvalue weighted by Gasteiger charge is -2.37. The SMILES string of the molecule is COc1cccc2sc(C(=O)C3CCC(N(Cc4ccc5c(n4)SC(=O)CN5)C(=O)OC(C)(C)C)CC3)nc12. The van der Waals surface area contributed by atoms with Crippen LogP contribution < -0.4 is 10.1 Å². The van der Waals surface area contributed by atoms with E-state index < -0.39 is 11.7 Å². The molecule has 1 N–H and O–H groups in total. The highest BCUT2D eigenvalue weighted by molar-refractivity contribution is 8.13. The Kier molecular flexibility index (Phi) is 7.82. The van der Waals surface area contributed by atoms with Gasteiger partial charge >= 0.3 is 6.09 Å². The van der Waals surface area contributed by atoms with Crippen molar-refractivity contribution in [2.75, 3.05) is 19.0 Å². The fourth-order valence-electron chi connectivity index (χ4n) is 4.95. The summed E-state index contributed by atoms with van der Waals surface area (Å²) in [5, 5.41) is 4.20. The average Bonchev–Trinajstić information content (AvgIpc) is 3.35. The molecule has 0 atom stereocenters. The predicted molar refractivity (Wildman–Crippen MR) is 152 cm³/mol. The highest BCUT2D eigenvalue weighted by Crippen LogP contribution is 2.36. The molecule has 0 spiro atoms. The van der Waals surface area contributed by atoms with Gasteiger partial charge in [-0.05, 0) is 82.5 Å². The third-order valence-electron chi connectivity index (χ3n) is 6.83. The third kappa shape index (κ3) is 6.19. The molecule has 1 saturated carbocycles. The highest BCUT2D eigenvalue weighted by atomic mass is 32.2. The fraction of sp³-hybridized carbons (Fsp3) is 0.464. The second-order valence-electron chi connectivity index (χ2n) is 10.8. The van der Waals surface area contributed by atoms with Gasteiger partial charge < -0.3 is 14.8 Å². The Hall–Kier alpha value is -3.18. The Morgan fingerprint density at radius 2 is 1.87 bits per heavy atom. The maximum absolute atomic E-state index is 13.4. The van der Waals surface area contributed by atoms with Crippen LogP contribution in [0.5, 0.6) is 5.75 Å². The average molecular weight is 569 g/mol. The van der Waals surface area contributed by atoms with Crippen molar-refractivity contribution in [3.63, 3.8) is 0 Å². The zero-order valence-corrected chi connectivity index (χ0v) is 24.1. The summed E-state index contributed by atoms with van der Waals surface area (Å²) in [5.41, 5.74) is 1.57. The quantitative estimate of drug-likeness (QED) is 0.362. The number of amides is 1. The number of carbonyl (C=O) groups excluding carboxylic acids is 3. The molecule has 1 fully saturated rings. The van der Waals surface area contributed by atoms with E-state index >= 15 is 0 Å². The molecule has 9 nitrogen and oxygen atoms in total. The first kappa shape index (κ1) is 27.4. The first-order chi connectivity index (χ1) is 18.6. The minimum atomic E-state index is -0.647. The maximum Gasteiger partial charge on any atom is 0.410 e. The summed E-state index contributed by atoms with van der Waals surface area (Å²) in [6.07, 6.45) is 2.24. The van der Waals surface area contributed by atoms with Crippen LogP contribution in [-0.2, 0) is 16.1 Å². The number of ketones is 1. The second kappa shape index (κ2) is 11.1. The Labute approximate surface area is 235 Å². The molecule has 0 saturated heterocycles. The molecule has 11 heteroatoms. The molecule has 39 heavy (non-hydrogen) atoms. The van der Waals surface area contributed by atoms with E-state index in [9.17, 15) is 14.4 Å². The van der Waals surface area contributed by atoms with Crippen molar-refractivity contribution in [3.8, 4) is 5.75 Å². The number of ether oxygens (including phenoxy) is 2. The van der Waals surface area contributed by atoms with Crippen LogP contribution in [0.15, 0.2) is 35.4 Å². The van der Waals surface area contributed by atoms with E-state index in [1.165, 1.54) is 11.3 Å². The van der Waals surface area contributed by atoms with E-state index in [1.807, 2.05) is 51.1 Å². The molecule has 1 aromatic carbocycles. The lowest BCUT2D eigenvalue weighted by molar-refractivity contribution is -0.109. The number of pyridine rings is 1. The topological polar surface area (TPSA) is 111 Å². The first-order valence-corrected chi connectivity index (χ1v) is 14.7. The summed E-state index contributed by atoms with van der Waals surface area (Å²) in [4.78, 5) is 49.6. The summed E-state index contributed by atoms with van der Waals surface area (Å²) in [6, 6.07) is 9.36. The van der Waals surface area contributed by atoms with Crippen LogP contribution in [0.3, 0.4) is 0 Å². The van der Waals surface area contributed by atoms with E-state index in [0.717, 1.165) is 22.1 Å². The number of carbonyl (C=O) groups is 3. The smallest absolute Gasteiger partial charge is 0.410 e. The van der Waals surface area contributed by atoms with Crippen molar-refractivity contribution < 1.29 is 23.9 Å². The molecular weight excluding hydrogens is 536 g/mol. The molecule has 0 radical (unpaired) electrons. The van der Waals surface area contributed by atoms with Crippen molar-refractivity contribution in [3.05, 3.63) is 41.0 Å². The highest BCUT2D eigenvalue weighted by Gasteiger charge is 2.35. The standard InChI is InChI=1S/C28H32N4O5S2/c1-28(2,3)37-27(35)32(15-17-10-13-19-25(30-17)39-22(33)14-29-19)18-11-8-16(9-12-18)24(34)26-31-23-20(36-4)6-5-7-21(23)38-26/h5-7,10,13,16,18,29H,8-9,11-12,14-15H2,1-4H3. The number of thioether (sulfide) groups is 1. The number of hydrogen-bond acceptors (Lipinski definition) is 10. The number of nitrogens with one attached hydrogen (secondary N) is 1. The summed E-state index contributed by atoms with van der Waals surface area (Å²) >= 11 is 2.51. The molecular formula is C28H32N4O5S2. The molecule has 5 rings (SSSR count). The summed E-state index contributed by atoms with van der Waals surface area (Å²) < 4.78 is 12.1. The molecule has 206 valence electrons. The van der Waals surface area contributed by atoms with Crippen molar-refractivity contribution in [1.82, 2.24) is 14.9 Å². The molecule has 0 bridgehead atoms. The van der Waals surface area contributed by atoms with Crippen LogP contribution in [-0.4, -0.2) is 57.2 Å². The largest absolute Gasteiger partial charge is 0.494 e. The number of rotatable bonds is 6.